The maximum atomic E-state index is 14.3. The highest BCUT2D eigenvalue weighted by Gasteiger charge is 2.44. The molecule has 0 spiro atoms. The fourth-order valence-electron chi connectivity index (χ4n) is 9.45. The predicted octanol–water partition coefficient (Wildman–Crippen LogP) is 17.5. The number of benzene rings is 3. The summed E-state index contributed by atoms with van der Waals surface area (Å²) in [4.78, 5) is 54.5. The molecule has 0 fully saturated rings. The van der Waals surface area contributed by atoms with E-state index in [1.54, 1.807) is 62.4 Å². The van der Waals surface area contributed by atoms with E-state index in [4.69, 9.17) is 42.6 Å². The molecule has 3 aromatic rings. The molecule has 0 bridgehead atoms. The van der Waals surface area contributed by atoms with Crippen molar-refractivity contribution in [1.82, 2.24) is 0 Å². The fraction of sp³-hybridized carbons (Fsp3) is 0.629. The Morgan fingerprint density at radius 3 is 1.32 bits per heavy atom. The smallest absolute Gasteiger partial charge is 0.336 e. The number of rotatable bonds is 48. The molecular formula is C70H106O14. The zero-order valence-electron chi connectivity index (χ0n) is 53.0. The Kier molecular flexibility index (Phi) is 37.5. The molecule has 1 N–H and O–H groups in total. The van der Waals surface area contributed by atoms with Gasteiger partial charge in [0, 0.05) is 35.4 Å². The van der Waals surface area contributed by atoms with Crippen molar-refractivity contribution in [3.63, 3.8) is 0 Å². The maximum Gasteiger partial charge on any atom is 0.336 e. The second-order valence-corrected chi connectivity index (χ2v) is 22.2. The number of hydrogen-bond acceptors (Lipinski definition) is 14. The molecule has 0 aliphatic rings. The van der Waals surface area contributed by atoms with Crippen molar-refractivity contribution in [2.75, 3.05) is 46.2 Å². The van der Waals surface area contributed by atoms with Crippen molar-refractivity contribution in [2.24, 2.45) is 11.3 Å². The normalized spacial score (nSPS) is 12.3. The molecule has 0 aromatic heterocycles. The minimum absolute atomic E-state index is 0.140. The van der Waals surface area contributed by atoms with E-state index in [-0.39, 0.29) is 31.1 Å². The van der Waals surface area contributed by atoms with E-state index < -0.39 is 41.3 Å². The van der Waals surface area contributed by atoms with Crippen LogP contribution in [0.1, 0.15) is 246 Å². The Bertz CT molecular complexity index is 2370. The van der Waals surface area contributed by atoms with Crippen LogP contribution < -0.4 is 33.2 Å². The van der Waals surface area contributed by atoms with Crippen molar-refractivity contribution >= 4 is 36.0 Å². The first-order valence-corrected chi connectivity index (χ1v) is 32.2. The van der Waals surface area contributed by atoms with Gasteiger partial charge in [0.1, 0.15) is 17.6 Å². The SMILES string of the molecule is CCCCCCOc1ccc(C=CC(=O)Oc2ccc(OC(=O)C=Cc3ccc(C(CCCO)OC(=O)C(C)(C)C(CC)C(=O)OCCCC)c(OCCCCCC)c3OCCCCCC)cc2)c(OCCCCCC)c1OCCCCCC. The van der Waals surface area contributed by atoms with Crippen LogP contribution >= 0.6 is 0 Å². The molecule has 3 rings (SSSR count). The molecule has 0 saturated heterocycles. The molecule has 2 atom stereocenters. The van der Waals surface area contributed by atoms with Gasteiger partial charge in [-0.25, -0.2) is 9.59 Å². The fourth-order valence-corrected chi connectivity index (χ4v) is 9.45. The standard InChI is InChI=1S/C70H106O14/c1-10-17-23-28-49-76-61-44-36-55(65(78-51-30-25-19-12-3)67(61)80-53-32-27-21-14-5)38-46-63(73)83-57-41-39-56(40-42-57)82-62(72)45-37-54-35-43-58(66(79-52-31-26-20-13-4)64(54)77-50-29-24-18-11-2)60(34-33-47-71)84-69(75)70(8,9)59(16-7)68(74)81-48-22-15-6/h35-46,59-60,71H,10-34,47-53H2,1-9H3. The van der Waals surface area contributed by atoms with Gasteiger partial charge in [-0.05, 0) is 120 Å². The average Bonchev–Trinajstić information content (AvgIpc) is 3.57. The second kappa shape index (κ2) is 43.6. The quantitative estimate of drug-likeness (QED) is 0.0245. The summed E-state index contributed by atoms with van der Waals surface area (Å²) >= 11 is 0. The number of carbonyl (C=O) groups excluding carboxylic acids is 4. The maximum absolute atomic E-state index is 14.3. The van der Waals surface area contributed by atoms with E-state index in [2.05, 4.69) is 34.6 Å². The Hall–Kier alpha value is -6.02. The van der Waals surface area contributed by atoms with Crippen LogP contribution in [0.4, 0.5) is 0 Å². The topological polar surface area (TPSA) is 172 Å². The van der Waals surface area contributed by atoms with Crippen LogP contribution in [0.5, 0.6) is 40.2 Å². The molecule has 2 unspecified atom stereocenters. The molecule has 3 aromatic carbocycles. The molecular weight excluding hydrogens is 1060 g/mol. The summed E-state index contributed by atoms with van der Waals surface area (Å²) in [7, 11) is 0. The molecule has 14 nitrogen and oxygen atoms in total. The van der Waals surface area contributed by atoms with Crippen LogP contribution in [0.25, 0.3) is 12.2 Å². The summed E-state index contributed by atoms with van der Waals surface area (Å²) < 4.78 is 55.8. The molecule has 470 valence electrons. The van der Waals surface area contributed by atoms with E-state index in [1.807, 2.05) is 26.0 Å². The highest BCUT2D eigenvalue weighted by molar-refractivity contribution is 5.91. The number of aliphatic hydroxyl groups excluding tert-OH is 1. The van der Waals surface area contributed by atoms with Gasteiger partial charge in [0.2, 0.25) is 5.75 Å². The molecule has 0 radical (unpaired) electrons. The van der Waals surface area contributed by atoms with Crippen LogP contribution in [-0.2, 0) is 28.7 Å². The number of hydrogen-bond donors (Lipinski definition) is 1. The number of carbonyl (C=O) groups is 4. The third kappa shape index (κ3) is 26.9. The van der Waals surface area contributed by atoms with Gasteiger partial charge in [0.25, 0.3) is 0 Å². The van der Waals surface area contributed by atoms with Gasteiger partial charge >= 0.3 is 23.9 Å². The van der Waals surface area contributed by atoms with Crippen molar-refractivity contribution in [1.29, 1.82) is 0 Å². The molecule has 0 amide bonds. The third-order valence-electron chi connectivity index (χ3n) is 14.6. The van der Waals surface area contributed by atoms with Gasteiger partial charge in [-0.15, -0.1) is 0 Å². The van der Waals surface area contributed by atoms with Crippen LogP contribution in [0, 0.1) is 11.3 Å². The minimum Gasteiger partial charge on any atom is -0.490 e. The first kappa shape index (κ1) is 72.2. The molecule has 14 heteroatoms. The van der Waals surface area contributed by atoms with E-state index in [0.29, 0.717) is 91.3 Å². The lowest BCUT2D eigenvalue weighted by Gasteiger charge is -2.32. The monoisotopic (exact) mass is 1170 g/mol. The van der Waals surface area contributed by atoms with Gasteiger partial charge in [-0.2, -0.15) is 0 Å². The molecule has 84 heavy (non-hydrogen) atoms. The zero-order chi connectivity index (χ0) is 61.2. The van der Waals surface area contributed by atoms with Crippen molar-refractivity contribution < 1.29 is 66.9 Å². The van der Waals surface area contributed by atoms with Gasteiger partial charge in [-0.1, -0.05) is 163 Å². The van der Waals surface area contributed by atoms with Crippen molar-refractivity contribution in [3.8, 4) is 40.2 Å². The summed E-state index contributed by atoms with van der Waals surface area (Å²) in [5.74, 6) is -0.0796. The average molecular weight is 1170 g/mol. The largest absolute Gasteiger partial charge is 0.490 e. The van der Waals surface area contributed by atoms with E-state index in [1.165, 1.54) is 12.2 Å². The Balaban J connectivity index is 1.93. The molecule has 0 heterocycles. The first-order valence-electron chi connectivity index (χ1n) is 32.2. The summed E-state index contributed by atoms with van der Waals surface area (Å²) in [5, 5.41) is 10.0. The molecule has 0 saturated carbocycles. The molecule has 0 aliphatic carbocycles. The van der Waals surface area contributed by atoms with Crippen LogP contribution in [-0.4, -0.2) is 75.2 Å². The summed E-state index contributed by atoms with van der Waals surface area (Å²) in [6.45, 7) is 20.6. The van der Waals surface area contributed by atoms with E-state index in [9.17, 15) is 24.3 Å². The van der Waals surface area contributed by atoms with Crippen LogP contribution in [0.15, 0.2) is 60.7 Å². The number of esters is 4. The van der Waals surface area contributed by atoms with Gasteiger partial charge in [0.15, 0.2) is 23.0 Å². The van der Waals surface area contributed by atoms with Crippen molar-refractivity contribution in [2.45, 2.75) is 229 Å². The third-order valence-corrected chi connectivity index (χ3v) is 14.6. The van der Waals surface area contributed by atoms with Gasteiger partial charge in [0.05, 0.1) is 51.0 Å². The number of aliphatic hydroxyl groups is 1. The lowest BCUT2D eigenvalue weighted by Crippen LogP contribution is -2.40. The predicted molar refractivity (Wildman–Crippen MR) is 335 cm³/mol. The van der Waals surface area contributed by atoms with Gasteiger partial charge < -0.3 is 47.7 Å². The first-order chi connectivity index (χ1) is 40.8. The lowest BCUT2D eigenvalue weighted by atomic mass is 9.77. The Morgan fingerprint density at radius 2 is 0.881 bits per heavy atom. The van der Waals surface area contributed by atoms with Crippen LogP contribution in [0.3, 0.4) is 0 Å². The number of ether oxygens (including phenoxy) is 9. The van der Waals surface area contributed by atoms with Crippen molar-refractivity contribution in [3.05, 3.63) is 77.4 Å². The Morgan fingerprint density at radius 1 is 0.464 bits per heavy atom. The summed E-state index contributed by atoms with van der Waals surface area (Å²) in [5.41, 5.74) is 0.518. The summed E-state index contributed by atoms with van der Waals surface area (Å²) in [6, 6.07) is 13.5. The highest BCUT2D eigenvalue weighted by Crippen LogP contribution is 2.45. The van der Waals surface area contributed by atoms with Gasteiger partial charge in [-0.3, -0.25) is 9.59 Å². The minimum atomic E-state index is -1.24. The number of unbranched alkanes of at least 4 members (excludes halogenated alkanes) is 16. The van der Waals surface area contributed by atoms with Crippen LogP contribution in [0.2, 0.25) is 0 Å². The highest BCUT2D eigenvalue weighted by atomic mass is 16.6. The molecule has 0 aliphatic heterocycles. The van der Waals surface area contributed by atoms with E-state index >= 15 is 0 Å². The Labute approximate surface area is 505 Å². The summed E-state index contributed by atoms with van der Waals surface area (Å²) in [6.07, 6.45) is 27.9. The zero-order valence-corrected chi connectivity index (χ0v) is 53.0. The second-order valence-electron chi connectivity index (χ2n) is 22.2. The lowest BCUT2D eigenvalue weighted by molar-refractivity contribution is -0.172. The van der Waals surface area contributed by atoms with E-state index in [0.717, 1.165) is 141 Å².